The van der Waals surface area contributed by atoms with Crippen molar-refractivity contribution in [3.63, 3.8) is 0 Å². The van der Waals surface area contributed by atoms with Crippen molar-refractivity contribution < 1.29 is 4.79 Å². The van der Waals surface area contributed by atoms with E-state index in [0.717, 1.165) is 12.1 Å². The molecule has 0 aliphatic carbocycles. The average Bonchev–Trinajstić information content (AvgIpc) is 3.10. The Morgan fingerprint density at radius 1 is 1.08 bits per heavy atom. The predicted molar refractivity (Wildman–Crippen MR) is 103 cm³/mol. The van der Waals surface area contributed by atoms with Gasteiger partial charge in [-0.15, -0.1) is 6.58 Å². The van der Waals surface area contributed by atoms with Crippen LogP contribution in [-0.4, -0.2) is 36.2 Å². The second-order valence-electron chi connectivity index (χ2n) is 6.77. The van der Waals surface area contributed by atoms with Gasteiger partial charge in [0, 0.05) is 19.5 Å². The van der Waals surface area contributed by atoms with Crippen LogP contribution in [0, 0.1) is 5.92 Å². The van der Waals surface area contributed by atoms with Gasteiger partial charge in [0.15, 0.2) is 0 Å². The molecule has 0 spiro atoms. The normalized spacial score (nSPS) is 25.2. The predicted octanol–water partition coefficient (Wildman–Crippen LogP) is 2.14. The molecule has 0 aromatic heterocycles. The highest BCUT2D eigenvalue weighted by Crippen LogP contribution is 2.28. The molecule has 3 unspecified atom stereocenters. The van der Waals surface area contributed by atoms with E-state index in [1.807, 2.05) is 41.3 Å². The Morgan fingerprint density at radius 2 is 1.77 bits per heavy atom. The first-order valence-electron chi connectivity index (χ1n) is 9.07. The van der Waals surface area contributed by atoms with Gasteiger partial charge in [0.1, 0.15) is 6.17 Å². The lowest BCUT2D eigenvalue weighted by atomic mass is 9.98. The van der Waals surface area contributed by atoms with Gasteiger partial charge >= 0.3 is 0 Å². The van der Waals surface area contributed by atoms with Gasteiger partial charge in [-0.25, -0.2) is 5.43 Å². The van der Waals surface area contributed by atoms with Crippen LogP contribution in [0.4, 0.5) is 5.69 Å². The van der Waals surface area contributed by atoms with Gasteiger partial charge in [-0.1, -0.05) is 54.6 Å². The number of anilines is 1. The van der Waals surface area contributed by atoms with Crippen LogP contribution in [0.3, 0.4) is 0 Å². The molecule has 2 saturated heterocycles. The summed E-state index contributed by atoms with van der Waals surface area (Å²) in [5.74, 6) is 0.0719. The summed E-state index contributed by atoms with van der Waals surface area (Å²) >= 11 is 0. The first kappa shape index (κ1) is 16.8. The zero-order chi connectivity index (χ0) is 17.9. The number of nitrogens with zero attached hydrogens (tertiary/aromatic N) is 2. The maximum absolute atomic E-state index is 13.1. The van der Waals surface area contributed by atoms with Crippen molar-refractivity contribution in [3.8, 4) is 0 Å². The summed E-state index contributed by atoms with van der Waals surface area (Å²) in [4.78, 5) is 15.1. The quantitative estimate of drug-likeness (QED) is 0.813. The molecule has 0 saturated carbocycles. The van der Waals surface area contributed by atoms with E-state index >= 15 is 0 Å². The Bertz CT molecular complexity index is 764. The van der Waals surface area contributed by atoms with Gasteiger partial charge in [0.05, 0.1) is 17.8 Å². The third kappa shape index (κ3) is 3.11. The zero-order valence-electron chi connectivity index (χ0n) is 14.7. The van der Waals surface area contributed by atoms with E-state index in [0.29, 0.717) is 13.1 Å². The molecule has 134 valence electrons. The maximum Gasteiger partial charge on any atom is 0.232 e. The van der Waals surface area contributed by atoms with E-state index in [-0.39, 0.29) is 24.2 Å². The van der Waals surface area contributed by atoms with Crippen LogP contribution in [0.1, 0.15) is 5.56 Å². The van der Waals surface area contributed by atoms with E-state index in [9.17, 15) is 4.79 Å². The number of hydrazine groups is 1. The minimum atomic E-state index is -0.109. The third-order valence-corrected chi connectivity index (χ3v) is 5.11. The van der Waals surface area contributed by atoms with Crippen LogP contribution in [0.2, 0.25) is 0 Å². The summed E-state index contributed by atoms with van der Waals surface area (Å²) in [6, 6.07) is 20.4. The maximum atomic E-state index is 13.1. The van der Waals surface area contributed by atoms with E-state index in [1.165, 1.54) is 5.56 Å². The van der Waals surface area contributed by atoms with Crippen LogP contribution in [-0.2, 0) is 11.2 Å². The second kappa shape index (κ2) is 7.32. The molecule has 2 aromatic rings. The van der Waals surface area contributed by atoms with Crippen molar-refractivity contribution in [2.24, 2.45) is 5.92 Å². The van der Waals surface area contributed by atoms with Crippen molar-refractivity contribution in [2.75, 3.05) is 18.1 Å². The standard InChI is InChI=1S/C21H24N4O/c1-2-13-24-19(14-16-9-5-3-6-10-16)23-20-18(21(24)26)15-22-25(20)17-11-7-4-8-12-17/h2-12,18-20,22-23H,1,13-15H2. The number of benzene rings is 2. The minimum Gasteiger partial charge on any atom is -0.323 e. The molecule has 26 heavy (non-hydrogen) atoms. The lowest BCUT2D eigenvalue weighted by molar-refractivity contribution is -0.142. The van der Waals surface area contributed by atoms with Crippen molar-refractivity contribution in [2.45, 2.75) is 18.8 Å². The molecule has 3 atom stereocenters. The Labute approximate surface area is 154 Å². The number of amides is 1. The molecular weight excluding hydrogens is 324 g/mol. The van der Waals surface area contributed by atoms with Gasteiger partial charge in [0.25, 0.3) is 0 Å². The van der Waals surface area contributed by atoms with E-state index < -0.39 is 0 Å². The summed E-state index contributed by atoms with van der Waals surface area (Å²) < 4.78 is 0. The lowest BCUT2D eigenvalue weighted by Crippen LogP contribution is -2.66. The molecule has 2 heterocycles. The average molecular weight is 348 g/mol. The smallest absolute Gasteiger partial charge is 0.232 e. The number of rotatable bonds is 5. The number of hydrogen-bond acceptors (Lipinski definition) is 4. The lowest BCUT2D eigenvalue weighted by Gasteiger charge is -2.43. The summed E-state index contributed by atoms with van der Waals surface area (Å²) in [5.41, 5.74) is 5.67. The van der Waals surface area contributed by atoms with Crippen LogP contribution in [0.25, 0.3) is 0 Å². The summed E-state index contributed by atoms with van der Waals surface area (Å²) in [6.45, 7) is 5.02. The molecular formula is C21H24N4O. The van der Waals surface area contributed by atoms with Crippen LogP contribution in [0.5, 0.6) is 0 Å². The van der Waals surface area contributed by atoms with Gasteiger partial charge in [0.2, 0.25) is 5.91 Å². The molecule has 4 rings (SSSR count). The van der Waals surface area contributed by atoms with Crippen molar-refractivity contribution in [1.29, 1.82) is 0 Å². The topological polar surface area (TPSA) is 47.6 Å². The van der Waals surface area contributed by atoms with Crippen molar-refractivity contribution >= 4 is 11.6 Å². The number of carbonyl (C=O) groups is 1. The largest absolute Gasteiger partial charge is 0.323 e. The summed E-state index contributed by atoms with van der Waals surface area (Å²) in [6.07, 6.45) is 2.46. The Morgan fingerprint density at radius 3 is 2.46 bits per heavy atom. The van der Waals surface area contributed by atoms with Crippen molar-refractivity contribution in [1.82, 2.24) is 15.6 Å². The molecule has 1 amide bonds. The highest BCUT2D eigenvalue weighted by molar-refractivity contribution is 5.82. The molecule has 0 bridgehead atoms. The number of carbonyl (C=O) groups excluding carboxylic acids is 1. The molecule has 5 heteroatoms. The van der Waals surface area contributed by atoms with E-state index in [2.05, 4.69) is 46.6 Å². The van der Waals surface area contributed by atoms with Crippen LogP contribution >= 0.6 is 0 Å². The first-order valence-corrected chi connectivity index (χ1v) is 9.07. The minimum absolute atomic E-state index is 0.0559. The molecule has 2 aliphatic heterocycles. The van der Waals surface area contributed by atoms with Gasteiger partial charge < -0.3 is 4.90 Å². The Hall–Kier alpha value is -2.63. The van der Waals surface area contributed by atoms with Crippen LogP contribution < -0.4 is 15.8 Å². The molecule has 2 aromatic carbocycles. The molecule has 5 nitrogen and oxygen atoms in total. The zero-order valence-corrected chi connectivity index (χ0v) is 14.7. The fourth-order valence-electron chi connectivity index (χ4n) is 3.86. The van der Waals surface area contributed by atoms with Gasteiger partial charge in [-0.2, -0.15) is 0 Å². The SMILES string of the molecule is C=CCN1C(=O)C2CNN(c3ccccc3)C2NC1Cc1ccccc1. The van der Waals surface area contributed by atoms with E-state index in [1.54, 1.807) is 6.08 Å². The fraction of sp³-hybridized carbons (Fsp3) is 0.286. The Balaban J connectivity index is 1.60. The first-order chi connectivity index (χ1) is 12.8. The number of nitrogens with one attached hydrogen (secondary N) is 2. The third-order valence-electron chi connectivity index (χ3n) is 5.11. The highest BCUT2D eigenvalue weighted by Gasteiger charge is 2.47. The van der Waals surface area contributed by atoms with Crippen LogP contribution in [0.15, 0.2) is 73.3 Å². The summed E-state index contributed by atoms with van der Waals surface area (Å²) in [5, 5.41) is 5.79. The monoisotopic (exact) mass is 348 g/mol. The molecule has 0 radical (unpaired) electrons. The highest BCUT2D eigenvalue weighted by atomic mass is 16.2. The van der Waals surface area contributed by atoms with Gasteiger partial charge in [-0.3, -0.25) is 15.1 Å². The molecule has 2 fully saturated rings. The fourth-order valence-corrected chi connectivity index (χ4v) is 3.86. The van der Waals surface area contributed by atoms with Gasteiger partial charge in [-0.05, 0) is 17.7 Å². The number of fused-ring (bicyclic) bond motifs is 1. The number of hydrogen-bond donors (Lipinski definition) is 2. The summed E-state index contributed by atoms with van der Waals surface area (Å²) in [7, 11) is 0. The number of para-hydroxylation sites is 1. The second-order valence-corrected chi connectivity index (χ2v) is 6.77. The Kier molecular flexibility index (Phi) is 4.73. The molecule has 2 aliphatic rings. The van der Waals surface area contributed by atoms with Crippen molar-refractivity contribution in [3.05, 3.63) is 78.9 Å². The van der Waals surface area contributed by atoms with E-state index in [4.69, 9.17) is 0 Å². The molecule has 2 N–H and O–H groups in total.